The number of anilines is 1. The van der Waals surface area contributed by atoms with Gasteiger partial charge in [-0.3, -0.25) is 0 Å². The molecule has 3 heteroatoms. The van der Waals surface area contributed by atoms with Crippen LogP contribution in [-0.4, -0.2) is 26.7 Å². The van der Waals surface area contributed by atoms with E-state index in [1.165, 1.54) is 43.6 Å². The summed E-state index contributed by atoms with van der Waals surface area (Å²) in [5.74, 6) is 0.883. The van der Waals surface area contributed by atoms with Crippen molar-refractivity contribution in [3.05, 3.63) is 28.8 Å². The highest BCUT2D eigenvalue weighted by atomic mass is 35.5. The lowest BCUT2D eigenvalue weighted by Gasteiger charge is -2.27. The van der Waals surface area contributed by atoms with Crippen molar-refractivity contribution < 1.29 is 0 Å². The van der Waals surface area contributed by atoms with Gasteiger partial charge in [0.25, 0.3) is 0 Å². The van der Waals surface area contributed by atoms with E-state index in [0.717, 1.165) is 17.5 Å². The molecule has 1 heterocycles. The first-order valence-electron chi connectivity index (χ1n) is 6.85. The van der Waals surface area contributed by atoms with E-state index in [0.29, 0.717) is 0 Å². The summed E-state index contributed by atoms with van der Waals surface area (Å²) in [7, 11) is 2.17. The molecule has 1 N–H and O–H groups in total. The third kappa shape index (κ3) is 3.39. The van der Waals surface area contributed by atoms with Gasteiger partial charge in [-0.1, -0.05) is 17.7 Å². The molecule has 0 saturated carbocycles. The minimum absolute atomic E-state index is 0.862. The molecule has 2 rings (SSSR count). The molecule has 1 saturated heterocycles. The van der Waals surface area contributed by atoms with E-state index in [2.05, 4.69) is 30.3 Å². The summed E-state index contributed by atoms with van der Waals surface area (Å²) in [6, 6.07) is 6.15. The summed E-state index contributed by atoms with van der Waals surface area (Å²) < 4.78 is 0. The Bertz CT molecular complexity index is 386. The second-order valence-corrected chi connectivity index (χ2v) is 5.69. The highest BCUT2D eigenvalue weighted by Crippen LogP contribution is 2.26. The van der Waals surface area contributed by atoms with Crippen molar-refractivity contribution in [2.75, 3.05) is 31.6 Å². The zero-order valence-electron chi connectivity index (χ0n) is 11.4. The van der Waals surface area contributed by atoms with Crippen LogP contribution >= 0.6 is 11.6 Å². The number of nitrogens with zero attached hydrogens (tertiary/aromatic N) is 1. The van der Waals surface area contributed by atoms with Gasteiger partial charge in [0.1, 0.15) is 0 Å². The second-order valence-electron chi connectivity index (χ2n) is 5.29. The van der Waals surface area contributed by atoms with Gasteiger partial charge in [0.2, 0.25) is 0 Å². The number of nitrogens with one attached hydrogen (secondary N) is 1. The number of rotatable bonds is 4. The Hall–Kier alpha value is -0.730. The van der Waals surface area contributed by atoms with Crippen molar-refractivity contribution in [3.8, 4) is 0 Å². The largest absolute Gasteiger partial charge is 0.374 e. The van der Waals surface area contributed by atoms with Crippen molar-refractivity contribution in [1.82, 2.24) is 5.32 Å². The second kappa shape index (κ2) is 6.44. The Kier molecular flexibility index (Phi) is 4.90. The normalized spacial score (nSPS) is 16.8. The standard InChI is InChI=1S/C15H23ClN2/c1-12-14(16)4-3-5-15(12)18(2)11-8-13-6-9-17-10-7-13/h3-5,13,17H,6-11H2,1-2H3. The summed E-state index contributed by atoms with van der Waals surface area (Å²) in [5, 5.41) is 4.28. The average molecular weight is 267 g/mol. The lowest BCUT2D eigenvalue weighted by atomic mass is 9.94. The van der Waals surface area contributed by atoms with E-state index < -0.39 is 0 Å². The van der Waals surface area contributed by atoms with Crippen LogP contribution in [0.15, 0.2) is 18.2 Å². The highest BCUT2D eigenvalue weighted by Gasteiger charge is 2.14. The monoisotopic (exact) mass is 266 g/mol. The summed E-state index contributed by atoms with van der Waals surface area (Å²) in [4.78, 5) is 2.34. The summed E-state index contributed by atoms with van der Waals surface area (Å²) in [6.07, 6.45) is 3.93. The van der Waals surface area contributed by atoms with Crippen LogP contribution in [0.2, 0.25) is 5.02 Å². The fraction of sp³-hybridized carbons (Fsp3) is 0.600. The molecule has 2 nitrogen and oxygen atoms in total. The lowest BCUT2D eigenvalue weighted by Crippen LogP contribution is -2.30. The molecule has 100 valence electrons. The highest BCUT2D eigenvalue weighted by molar-refractivity contribution is 6.31. The molecule has 0 bridgehead atoms. The minimum atomic E-state index is 0.862. The Labute approximate surface area is 115 Å². The molecule has 18 heavy (non-hydrogen) atoms. The minimum Gasteiger partial charge on any atom is -0.374 e. The third-order valence-corrected chi connectivity index (χ3v) is 4.39. The molecular formula is C15H23ClN2. The number of hydrogen-bond donors (Lipinski definition) is 1. The topological polar surface area (TPSA) is 15.3 Å². The number of hydrogen-bond acceptors (Lipinski definition) is 2. The predicted octanol–water partition coefficient (Wildman–Crippen LogP) is 3.47. The molecule has 1 fully saturated rings. The molecular weight excluding hydrogens is 244 g/mol. The fourth-order valence-corrected chi connectivity index (χ4v) is 2.85. The van der Waals surface area contributed by atoms with Crippen molar-refractivity contribution in [3.63, 3.8) is 0 Å². The first kappa shape index (κ1) is 13.7. The summed E-state index contributed by atoms with van der Waals surface area (Å²) >= 11 is 6.17. The van der Waals surface area contributed by atoms with Gasteiger partial charge in [-0.2, -0.15) is 0 Å². The first-order chi connectivity index (χ1) is 8.68. The number of halogens is 1. The summed E-state index contributed by atoms with van der Waals surface area (Å²) in [5.41, 5.74) is 2.45. The van der Waals surface area contributed by atoms with Crippen LogP contribution in [0.25, 0.3) is 0 Å². The van der Waals surface area contributed by atoms with E-state index in [1.807, 2.05) is 12.1 Å². The van der Waals surface area contributed by atoms with Crippen LogP contribution < -0.4 is 10.2 Å². The average Bonchev–Trinajstić information content (AvgIpc) is 2.40. The molecule has 0 amide bonds. The van der Waals surface area contributed by atoms with E-state index in [-0.39, 0.29) is 0 Å². The van der Waals surface area contributed by atoms with Gasteiger partial charge in [-0.25, -0.2) is 0 Å². The van der Waals surface area contributed by atoms with Gasteiger partial charge >= 0.3 is 0 Å². The zero-order chi connectivity index (χ0) is 13.0. The smallest absolute Gasteiger partial charge is 0.0455 e. The van der Waals surface area contributed by atoms with Crippen LogP contribution in [0.1, 0.15) is 24.8 Å². The van der Waals surface area contributed by atoms with Gasteiger partial charge in [0.05, 0.1) is 0 Å². The van der Waals surface area contributed by atoms with Gasteiger partial charge in [0, 0.05) is 24.3 Å². The number of piperidine rings is 1. The molecule has 1 aliphatic rings. The SMILES string of the molecule is Cc1c(Cl)cccc1N(C)CCC1CCNCC1. The maximum absolute atomic E-state index is 6.17. The molecule has 0 aromatic heterocycles. The third-order valence-electron chi connectivity index (χ3n) is 3.98. The fourth-order valence-electron chi connectivity index (χ4n) is 2.68. The van der Waals surface area contributed by atoms with E-state index in [9.17, 15) is 0 Å². The van der Waals surface area contributed by atoms with Crippen LogP contribution in [-0.2, 0) is 0 Å². The van der Waals surface area contributed by atoms with Gasteiger partial charge in [-0.05, 0) is 62.9 Å². The van der Waals surface area contributed by atoms with Crippen LogP contribution in [0.4, 0.5) is 5.69 Å². The van der Waals surface area contributed by atoms with E-state index in [1.54, 1.807) is 0 Å². The molecule has 0 atom stereocenters. The van der Waals surface area contributed by atoms with Crippen molar-refractivity contribution >= 4 is 17.3 Å². The van der Waals surface area contributed by atoms with Gasteiger partial charge in [-0.15, -0.1) is 0 Å². The number of benzene rings is 1. The van der Waals surface area contributed by atoms with Crippen LogP contribution in [0.3, 0.4) is 0 Å². The quantitative estimate of drug-likeness (QED) is 0.898. The maximum atomic E-state index is 6.17. The van der Waals surface area contributed by atoms with Crippen molar-refractivity contribution in [2.45, 2.75) is 26.2 Å². The molecule has 1 aromatic rings. The maximum Gasteiger partial charge on any atom is 0.0455 e. The zero-order valence-corrected chi connectivity index (χ0v) is 12.1. The van der Waals surface area contributed by atoms with Crippen LogP contribution in [0.5, 0.6) is 0 Å². The Morgan fingerprint density at radius 2 is 2.06 bits per heavy atom. The Morgan fingerprint density at radius 1 is 1.33 bits per heavy atom. The molecule has 0 radical (unpaired) electrons. The van der Waals surface area contributed by atoms with Gasteiger partial charge in [0.15, 0.2) is 0 Å². The van der Waals surface area contributed by atoms with Crippen molar-refractivity contribution in [2.24, 2.45) is 5.92 Å². The summed E-state index contributed by atoms with van der Waals surface area (Å²) in [6.45, 7) is 5.58. The predicted molar refractivity (Wildman–Crippen MR) is 79.7 cm³/mol. The van der Waals surface area contributed by atoms with Crippen molar-refractivity contribution in [1.29, 1.82) is 0 Å². The van der Waals surface area contributed by atoms with E-state index >= 15 is 0 Å². The Balaban J connectivity index is 1.90. The van der Waals surface area contributed by atoms with Gasteiger partial charge < -0.3 is 10.2 Å². The lowest BCUT2D eigenvalue weighted by molar-refractivity contribution is 0.356. The van der Waals surface area contributed by atoms with E-state index in [4.69, 9.17) is 11.6 Å². The molecule has 0 spiro atoms. The Morgan fingerprint density at radius 3 is 2.78 bits per heavy atom. The molecule has 0 unspecified atom stereocenters. The molecule has 1 aliphatic heterocycles. The molecule has 1 aromatic carbocycles. The molecule has 0 aliphatic carbocycles. The van der Waals surface area contributed by atoms with Crippen LogP contribution in [0, 0.1) is 12.8 Å². The first-order valence-corrected chi connectivity index (χ1v) is 7.23.